The van der Waals surface area contributed by atoms with E-state index < -0.39 is 0 Å². The van der Waals surface area contributed by atoms with Crippen LogP contribution in [0.2, 0.25) is 0 Å². The molecule has 4 nitrogen and oxygen atoms in total. The van der Waals surface area contributed by atoms with Crippen LogP contribution in [0.3, 0.4) is 0 Å². The molecular weight excluding hydrogens is 773 g/mol. The number of fused-ring (bicyclic) bond motifs is 6. The molecule has 0 radical (unpaired) electrons. The normalized spacial score (nSPS) is 11.5. The summed E-state index contributed by atoms with van der Waals surface area (Å²) >= 11 is 1.84. The second-order valence-electron chi connectivity index (χ2n) is 15.6. The van der Waals surface area contributed by atoms with Gasteiger partial charge in [0, 0.05) is 53.2 Å². The first-order valence-corrected chi connectivity index (χ1v) is 21.7. The van der Waals surface area contributed by atoms with Gasteiger partial charge in [0.1, 0.15) is 0 Å². The third kappa shape index (κ3) is 6.18. The van der Waals surface area contributed by atoms with Crippen molar-refractivity contribution in [2.45, 2.75) is 0 Å². The van der Waals surface area contributed by atoms with Crippen molar-refractivity contribution < 1.29 is 0 Å². The van der Waals surface area contributed by atoms with Gasteiger partial charge in [-0.25, -0.2) is 15.0 Å². The van der Waals surface area contributed by atoms with Crippen molar-refractivity contribution in [3.63, 3.8) is 0 Å². The molecule has 0 N–H and O–H groups in total. The van der Waals surface area contributed by atoms with Crippen LogP contribution in [-0.2, 0) is 0 Å². The van der Waals surface area contributed by atoms with E-state index in [4.69, 9.17) is 15.0 Å². The Labute approximate surface area is 362 Å². The van der Waals surface area contributed by atoms with Crippen molar-refractivity contribution in [1.29, 1.82) is 0 Å². The highest BCUT2D eigenvalue weighted by Gasteiger charge is 2.20. The highest BCUT2D eigenvalue weighted by molar-refractivity contribution is 7.26. The molecule has 9 aromatic carbocycles. The summed E-state index contributed by atoms with van der Waals surface area (Å²) < 4.78 is 4.95. The lowest BCUT2D eigenvalue weighted by molar-refractivity contribution is 1.07. The second kappa shape index (κ2) is 14.9. The van der Waals surface area contributed by atoms with Crippen LogP contribution in [0.4, 0.5) is 0 Å². The molecular formula is C57H36N4S. The van der Waals surface area contributed by atoms with Gasteiger partial charge in [-0.15, -0.1) is 11.3 Å². The van der Waals surface area contributed by atoms with Crippen molar-refractivity contribution in [3.8, 4) is 73.2 Å². The molecule has 12 rings (SSSR count). The smallest absolute Gasteiger partial charge is 0.164 e. The molecule has 0 saturated heterocycles. The number of benzene rings is 9. The molecule has 62 heavy (non-hydrogen) atoms. The van der Waals surface area contributed by atoms with Crippen molar-refractivity contribution >= 4 is 53.3 Å². The number of rotatable bonds is 7. The zero-order valence-corrected chi connectivity index (χ0v) is 34.3. The van der Waals surface area contributed by atoms with Crippen LogP contribution in [0.15, 0.2) is 218 Å². The van der Waals surface area contributed by atoms with Gasteiger partial charge in [-0.05, 0) is 64.2 Å². The van der Waals surface area contributed by atoms with E-state index in [-0.39, 0.29) is 0 Å². The van der Waals surface area contributed by atoms with E-state index >= 15 is 0 Å². The van der Waals surface area contributed by atoms with Gasteiger partial charge in [0.15, 0.2) is 17.5 Å². The molecule has 0 amide bonds. The maximum absolute atomic E-state index is 5.33. The minimum Gasteiger partial charge on any atom is -0.309 e. The lowest BCUT2D eigenvalue weighted by Gasteiger charge is -2.16. The van der Waals surface area contributed by atoms with Crippen molar-refractivity contribution in [3.05, 3.63) is 218 Å². The fourth-order valence-corrected chi connectivity index (χ4v) is 10.2. The molecule has 12 aromatic rings. The predicted octanol–water partition coefficient (Wildman–Crippen LogP) is 15.3. The quantitative estimate of drug-likeness (QED) is 0.161. The van der Waals surface area contributed by atoms with Gasteiger partial charge in [-0.3, -0.25) is 0 Å². The number of thiophene rings is 1. The largest absolute Gasteiger partial charge is 0.309 e. The third-order valence-corrected chi connectivity index (χ3v) is 13.1. The first-order valence-electron chi connectivity index (χ1n) is 20.8. The Balaban J connectivity index is 1.07. The van der Waals surface area contributed by atoms with Gasteiger partial charge in [0.2, 0.25) is 0 Å². The molecule has 0 atom stereocenters. The van der Waals surface area contributed by atoms with Crippen LogP contribution in [0.25, 0.3) is 115 Å². The van der Waals surface area contributed by atoms with Crippen molar-refractivity contribution in [2.75, 3.05) is 0 Å². The number of hydrogen-bond donors (Lipinski definition) is 0. The van der Waals surface area contributed by atoms with Crippen molar-refractivity contribution in [1.82, 2.24) is 19.5 Å². The summed E-state index contributed by atoms with van der Waals surface area (Å²) in [5.41, 5.74) is 12.9. The number of hydrogen-bond acceptors (Lipinski definition) is 4. The SMILES string of the molecule is c1ccc(-c2cccc(-c3nc(-c4cccc(-c5cccc6c5sc5ccccc56)c4)nc(-c4ccc(-c5ccccc5)c(-n5c6ccccc6c6ccccc65)c4)n3)c2)cc1. The van der Waals surface area contributed by atoms with E-state index in [0.29, 0.717) is 17.5 Å². The molecule has 290 valence electrons. The van der Waals surface area contributed by atoms with Gasteiger partial charge in [-0.1, -0.05) is 182 Å². The minimum absolute atomic E-state index is 0.605. The van der Waals surface area contributed by atoms with Crippen LogP contribution in [0.5, 0.6) is 0 Å². The highest BCUT2D eigenvalue weighted by atomic mass is 32.1. The summed E-state index contributed by atoms with van der Waals surface area (Å²) in [4.78, 5) is 15.9. The Morgan fingerprint density at radius 2 is 0.790 bits per heavy atom. The molecule has 5 heteroatoms. The summed E-state index contributed by atoms with van der Waals surface area (Å²) in [5, 5.41) is 4.98. The van der Waals surface area contributed by atoms with Gasteiger partial charge in [-0.2, -0.15) is 0 Å². The van der Waals surface area contributed by atoms with Crippen LogP contribution >= 0.6 is 11.3 Å². The van der Waals surface area contributed by atoms with E-state index in [1.807, 2.05) is 17.4 Å². The van der Waals surface area contributed by atoms with Crippen LogP contribution < -0.4 is 0 Å². The molecule has 0 aliphatic carbocycles. The standard InChI is InChI=1S/C57H36N4S/c1-3-16-37(17-4-1)39-20-13-22-41(34-39)55-58-56(42-23-14-21-40(35-42)45-27-15-28-49-48-26-9-12-31-53(48)62-54(45)49)60-57(59-55)43-32-33-44(38-18-5-2-6-19-38)52(36-43)61-50-29-10-7-24-46(50)47-25-8-11-30-51(47)61/h1-36H. The lowest BCUT2D eigenvalue weighted by Crippen LogP contribution is -2.02. The van der Waals surface area contributed by atoms with Gasteiger partial charge in [0.25, 0.3) is 0 Å². The van der Waals surface area contributed by atoms with E-state index in [1.165, 1.54) is 36.5 Å². The maximum Gasteiger partial charge on any atom is 0.164 e. The highest BCUT2D eigenvalue weighted by Crippen LogP contribution is 2.42. The lowest BCUT2D eigenvalue weighted by atomic mass is 10.00. The Bertz CT molecular complexity index is 3590. The Hall–Kier alpha value is -7.99. The summed E-state index contributed by atoms with van der Waals surface area (Å²) in [5.74, 6) is 1.84. The van der Waals surface area contributed by atoms with Gasteiger partial charge in [0.05, 0.1) is 16.7 Å². The second-order valence-corrected chi connectivity index (χ2v) is 16.6. The fourth-order valence-electron chi connectivity index (χ4n) is 8.93. The Morgan fingerprint density at radius 3 is 1.47 bits per heavy atom. The first kappa shape index (κ1) is 35.9. The van der Waals surface area contributed by atoms with Crippen LogP contribution in [-0.4, -0.2) is 19.5 Å². The molecule has 0 fully saturated rings. The molecule has 0 saturated carbocycles. The molecule has 0 aliphatic heterocycles. The summed E-state index contributed by atoms with van der Waals surface area (Å²) in [6.45, 7) is 0. The first-order chi connectivity index (χ1) is 30.7. The zero-order valence-electron chi connectivity index (χ0n) is 33.5. The Morgan fingerprint density at radius 1 is 0.306 bits per heavy atom. The average Bonchev–Trinajstić information content (AvgIpc) is 3.90. The summed E-state index contributed by atoms with van der Waals surface area (Å²) in [6.07, 6.45) is 0. The molecule has 0 bridgehead atoms. The summed E-state index contributed by atoms with van der Waals surface area (Å²) in [7, 11) is 0. The molecule has 0 aliphatic rings. The maximum atomic E-state index is 5.33. The fraction of sp³-hybridized carbons (Fsp3) is 0. The van der Waals surface area contributed by atoms with Gasteiger partial charge >= 0.3 is 0 Å². The topological polar surface area (TPSA) is 43.6 Å². The van der Waals surface area contributed by atoms with Crippen LogP contribution in [0, 0.1) is 0 Å². The molecule has 3 heterocycles. The average molecular weight is 809 g/mol. The zero-order chi connectivity index (χ0) is 41.0. The molecule has 3 aromatic heterocycles. The minimum atomic E-state index is 0.605. The van der Waals surface area contributed by atoms with E-state index in [1.54, 1.807) is 0 Å². The van der Waals surface area contributed by atoms with Crippen LogP contribution in [0.1, 0.15) is 0 Å². The number of nitrogens with zero attached hydrogens (tertiary/aromatic N) is 4. The monoisotopic (exact) mass is 808 g/mol. The molecule has 0 spiro atoms. The predicted molar refractivity (Wildman–Crippen MR) is 260 cm³/mol. The third-order valence-electron chi connectivity index (χ3n) is 11.9. The number of aromatic nitrogens is 4. The summed E-state index contributed by atoms with van der Waals surface area (Å²) in [6, 6.07) is 77.4. The van der Waals surface area contributed by atoms with Crippen molar-refractivity contribution in [2.24, 2.45) is 0 Å². The van der Waals surface area contributed by atoms with E-state index in [0.717, 1.165) is 61.2 Å². The Kier molecular flexibility index (Phi) is 8.65. The van der Waals surface area contributed by atoms with E-state index in [9.17, 15) is 0 Å². The molecule has 0 unspecified atom stereocenters. The van der Waals surface area contributed by atoms with Gasteiger partial charge < -0.3 is 4.57 Å². The van der Waals surface area contributed by atoms with E-state index in [2.05, 4.69) is 217 Å². The number of para-hydroxylation sites is 2.